The molecule has 4 rings (SSSR count). The van der Waals surface area contributed by atoms with Crippen molar-refractivity contribution < 1.29 is 13.9 Å². The Morgan fingerprint density at radius 1 is 1.12 bits per heavy atom. The van der Waals surface area contributed by atoms with Gasteiger partial charge in [0.2, 0.25) is 5.88 Å². The summed E-state index contributed by atoms with van der Waals surface area (Å²) in [6.45, 7) is 3.48. The third-order valence-electron chi connectivity index (χ3n) is 5.91. The van der Waals surface area contributed by atoms with Crippen LogP contribution in [-0.4, -0.2) is 74.1 Å². The van der Waals surface area contributed by atoms with E-state index < -0.39 is 0 Å². The molecule has 176 valence electrons. The van der Waals surface area contributed by atoms with Gasteiger partial charge in [0.05, 0.1) is 17.8 Å². The molecule has 8 heteroatoms. The summed E-state index contributed by atoms with van der Waals surface area (Å²) in [6.07, 6.45) is 0.825. The van der Waals surface area contributed by atoms with E-state index in [9.17, 15) is 14.4 Å². The number of hydrogen-bond acceptors (Lipinski definition) is 6. The number of anilines is 1. The number of nitrogens with zero attached hydrogens (tertiary/aromatic N) is 5. The minimum atomic E-state index is -0.366. The van der Waals surface area contributed by atoms with Crippen LogP contribution in [0.15, 0.2) is 48.5 Å². The number of nitriles is 1. The minimum absolute atomic E-state index is 0.121. The highest BCUT2D eigenvalue weighted by molar-refractivity contribution is 5.97. The Bertz CT molecular complexity index is 1200. The Labute approximate surface area is 199 Å². The summed E-state index contributed by atoms with van der Waals surface area (Å²) in [6, 6.07) is 15.7. The highest BCUT2D eigenvalue weighted by atomic mass is 19.1. The quantitative estimate of drug-likeness (QED) is 0.501. The topological polar surface area (TPSA) is 72.7 Å². The molecule has 0 aliphatic carbocycles. The van der Waals surface area contributed by atoms with Crippen LogP contribution in [0, 0.1) is 17.1 Å². The molecule has 0 spiro atoms. The standard InChI is InChI=1S/C26H28FN5O2/c1-30(2)12-5-17-34-25-22(18-28)24(21-6-3-4-7-23(21)29-25)31-13-15-32(16-14-31)26(33)19-8-10-20(27)11-9-19/h3-4,6-11H,5,12-17H2,1-2H3. The number of para-hydroxylation sites is 1. The Hall–Kier alpha value is -3.70. The number of ether oxygens (including phenoxy) is 1. The Morgan fingerprint density at radius 3 is 2.50 bits per heavy atom. The first-order chi connectivity index (χ1) is 16.5. The van der Waals surface area contributed by atoms with Gasteiger partial charge in [-0.05, 0) is 50.8 Å². The summed E-state index contributed by atoms with van der Waals surface area (Å²) in [5, 5.41) is 10.9. The molecule has 1 amide bonds. The maximum Gasteiger partial charge on any atom is 0.253 e. The molecule has 0 bridgehead atoms. The number of rotatable bonds is 7. The van der Waals surface area contributed by atoms with Crippen molar-refractivity contribution in [3.63, 3.8) is 0 Å². The molecular weight excluding hydrogens is 433 g/mol. The molecule has 1 saturated heterocycles. The second kappa shape index (κ2) is 10.5. The molecule has 1 aliphatic heterocycles. The molecule has 7 nitrogen and oxygen atoms in total. The Kier molecular flexibility index (Phi) is 7.24. The fourth-order valence-electron chi connectivity index (χ4n) is 4.16. The van der Waals surface area contributed by atoms with E-state index in [-0.39, 0.29) is 11.7 Å². The van der Waals surface area contributed by atoms with Gasteiger partial charge >= 0.3 is 0 Å². The van der Waals surface area contributed by atoms with Crippen molar-refractivity contribution >= 4 is 22.5 Å². The van der Waals surface area contributed by atoms with Crippen molar-refractivity contribution in [3.05, 3.63) is 65.5 Å². The van der Waals surface area contributed by atoms with Crippen LogP contribution in [0.3, 0.4) is 0 Å². The highest BCUT2D eigenvalue weighted by Crippen LogP contribution is 2.35. The predicted molar refractivity (Wildman–Crippen MR) is 130 cm³/mol. The molecule has 3 aromatic rings. The normalized spacial score (nSPS) is 13.9. The number of halogens is 1. The number of fused-ring (bicyclic) bond motifs is 1. The first-order valence-corrected chi connectivity index (χ1v) is 11.4. The van der Waals surface area contributed by atoms with Gasteiger partial charge in [-0.3, -0.25) is 4.79 Å². The molecule has 0 radical (unpaired) electrons. The van der Waals surface area contributed by atoms with E-state index in [1.54, 1.807) is 4.90 Å². The second-order valence-electron chi connectivity index (χ2n) is 8.56. The molecule has 34 heavy (non-hydrogen) atoms. The van der Waals surface area contributed by atoms with Crippen molar-refractivity contribution in [1.29, 1.82) is 5.26 Å². The molecular formula is C26H28FN5O2. The first kappa shape index (κ1) is 23.5. The van der Waals surface area contributed by atoms with Crippen molar-refractivity contribution in [1.82, 2.24) is 14.8 Å². The number of amides is 1. The van der Waals surface area contributed by atoms with Crippen LogP contribution in [0.2, 0.25) is 0 Å². The average Bonchev–Trinajstić information content (AvgIpc) is 2.85. The van der Waals surface area contributed by atoms with E-state index in [0.717, 1.165) is 29.6 Å². The summed E-state index contributed by atoms with van der Waals surface area (Å²) in [4.78, 5) is 23.4. The summed E-state index contributed by atoms with van der Waals surface area (Å²) in [5.41, 5.74) is 2.45. The molecule has 0 atom stereocenters. The predicted octanol–water partition coefficient (Wildman–Crippen LogP) is 3.54. The molecule has 0 unspecified atom stereocenters. The number of carbonyl (C=O) groups is 1. The molecule has 0 N–H and O–H groups in total. The van der Waals surface area contributed by atoms with E-state index in [1.807, 2.05) is 38.4 Å². The van der Waals surface area contributed by atoms with Gasteiger partial charge < -0.3 is 19.4 Å². The Morgan fingerprint density at radius 2 is 1.82 bits per heavy atom. The number of carbonyl (C=O) groups excluding carboxylic acids is 1. The smallest absolute Gasteiger partial charge is 0.253 e. The summed E-state index contributed by atoms with van der Waals surface area (Å²) in [5.74, 6) is -0.140. The number of benzene rings is 2. The first-order valence-electron chi connectivity index (χ1n) is 11.4. The van der Waals surface area contributed by atoms with Crippen LogP contribution in [-0.2, 0) is 0 Å². The van der Waals surface area contributed by atoms with Gasteiger partial charge in [0.1, 0.15) is 17.4 Å². The monoisotopic (exact) mass is 461 g/mol. The van der Waals surface area contributed by atoms with Crippen LogP contribution >= 0.6 is 0 Å². The van der Waals surface area contributed by atoms with Crippen LogP contribution < -0.4 is 9.64 Å². The molecule has 1 fully saturated rings. The van der Waals surface area contributed by atoms with Crippen molar-refractivity contribution in [2.75, 3.05) is 58.3 Å². The number of aromatic nitrogens is 1. The van der Waals surface area contributed by atoms with E-state index in [0.29, 0.717) is 49.8 Å². The third kappa shape index (κ3) is 5.10. The van der Waals surface area contributed by atoms with E-state index >= 15 is 0 Å². The molecule has 0 saturated carbocycles. The lowest BCUT2D eigenvalue weighted by atomic mass is 10.1. The fourth-order valence-corrected chi connectivity index (χ4v) is 4.16. The number of pyridine rings is 1. The van der Waals surface area contributed by atoms with Gasteiger partial charge in [-0.2, -0.15) is 5.26 Å². The van der Waals surface area contributed by atoms with E-state index in [1.165, 1.54) is 24.3 Å². The zero-order chi connectivity index (χ0) is 24.1. The summed E-state index contributed by atoms with van der Waals surface area (Å²) in [7, 11) is 4.01. The van der Waals surface area contributed by atoms with Gasteiger partial charge in [-0.15, -0.1) is 0 Å². The number of hydrogen-bond donors (Lipinski definition) is 0. The molecule has 1 aromatic heterocycles. The van der Waals surface area contributed by atoms with Gasteiger partial charge in [-0.25, -0.2) is 9.37 Å². The van der Waals surface area contributed by atoms with Crippen LogP contribution in [0.1, 0.15) is 22.3 Å². The highest BCUT2D eigenvalue weighted by Gasteiger charge is 2.27. The van der Waals surface area contributed by atoms with Crippen molar-refractivity contribution in [3.8, 4) is 11.9 Å². The van der Waals surface area contributed by atoms with Gasteiger partial charge in [0, 0.05) is 43.7 Å². The third-order valence-corrected chi connectivity index (χ3v) is 5.91. The van der Waals surface area contributed by atoms with Crippen LogP contribution in [0.5, 0.6) is 5.88 Å². The SMILES string of the molecule is CN(C)CCCOc1nc2ccccc2c(N2CCN(C(=O)c3ccc(F)cc3)CC2)c1C#N. The lowest BCUT2D eigenvalue weighted by Gasteiger charge is -2.37. The van der Waals surface area contributed by atoms with Crippen molar-refractivity contribution in [2.24, 2.45) is 0 Å². The second-order valence-corrected chi connectivity index (χ2v) is 8.56. The van der Waals surface area contributed by atoms with Crippen LogP contribution in [0.4, 0.5) is 10.1 Å². The lowest BCUT2D eigenvalue weighted by Crippen LogP contribution is -2.49. The Balaban J connectivity index is 1.56. The van der Waals surface area contributed by atoms with E-state index in [2.05, 4.69) is 20.9 Å². The summed E-state index contributed by atoms with van der Waals surface area (Å²) >= 11 is 0. The fraction of sp³-hybridized carbons (Fsp3) is 0.346. The lowest BCUT2D eigenvalue weighted by molar-refractivity contribution is 0.0747. The maximum atomic E-state index is 13.2. The minimum Gasteiger partial charge on any atom is -0.477 e. The maximum absolute atomic E-state index is 13.2. The zero-order valence-electron chi connectivity index (χ0n) is 19.5. The van der Waals surface area contributed by atoms with Crippen molar-refractivity contribution in [2.45, 2.75) is 6.42 Å². The van der Waals surface area contributed by atoms with E-state index in [4.69, 9.17) is 4.74 Å². The average molecular weight is 462 g/mol. The van der Waals surface area contributed by atoms with Gasteiger partial charge in [0.25, 0.3) is 5.91 Å². The van der Waals surface area contributed by atoms with Gasteiger partial charge in [0.15, 0.2) is 0 Å². The molecule has 2 aromatic carbocycles. The largest absolute Gasteiger partial charge is 0.477 e. The molecule has 2 heterocycles. The molecule has 1 aliphatic rings. The van der Waals surface area contributed by atoms with Crippen LogP contribution in [0.25, 0.3) is 10.9 Å². The summed E-state index contributed by atoms with van der Waals surface area (Å²) < 4.78 is 19.2. The number of piperazine rings is 1. The zero-order valence-corrected chi connectivity index (χ0v) is 19.5. The van der Waals surface area contributed by atoms with Gasteiger partial charge in [-0.1, -0.05) is 18.2 Å².